The monoisotopic (exact) mass is 359 g/mol. The molecule has 2 aromatic rings. The number of benzene rings is 1. The second kappa shape index (κ2) is 6.07. The second-order valence-electron chi connectivity index (χ2n) is 4.12. The molecule has 1 aromatic carbocycles. The third-order valence-corrected chi connectivity index (χ3v) is 4.05. The summed E-state index contributed by atoms with van der Waals surface area (Å²) in [6.45, 7) is 2.06. The van der Waals surface area contributed by atoms with E-state index in [0.717, 1.165) is 20.9 Å². The summed E-state index contributed by atoms with van der Waals surface area (Å²) in [5.74, 6) is 0.729. The molecule has 0 saturated carbocycles. The van der Waals surface area contributed by atoms with Gasteiger partial charge in [0, 0.05) is 18.3 Å². The molecule has 0 fully saturated rings. The minimum absolute atomic E-state index is 0.0657. The van der Waals surface area contributed by atoms with E-state index in [-0.39, 0.29) is 11.3 Å². The maximum absolute atomic E-state index is 6.22. The van der Waals surface area contributed by atoms with E-state index in [1.54, 1.807) is 6.20 Å². The van der Waals surface area contributed by atoms with Crippen molar-refractivity contribution in [2.75, 3.05) is 11.9 Å². The SMILES string of the molecule is CC(c1ccccc1Cl)N(C)c1nc(Cl)ncc1Br. The zero-order valence-electron chi connectivity index (χ0n) is 10.4. The minimum Gasteiger partial charge on any atom is -0.352 e. The Kier molecular flexibility index (Phi) is 4.66. The number of hydrogen-bond donors (Lipinski definition) is 0. The fourth-order valence-electron chi connectivity index (χ4n) is 1.79. The first-order chi connectivity index (χ1) is 9.00. The lowest BCUT2D eigenvalue weighted by Gasteiger charge is -2.27. The molecule has 1 unspecified atom stereocenters. The molecule has 1 atom stereocenters. The van der Waals surface area contributed by atoms with Gasteiger partial charge in [0.1, 0.15) is 5.82 Å². The van der Waals surface area contributed by atoms with Crippen LogP contribution in [0, 0.1) is 0 Å². The summed E-state index contributed by atoms with van der Waals surface area (Å²) >= 11 is 15.5. The van der Waals surface area contributed by atoms with E-state index in [1.807, 2.05) is 36.2 Å². The van der Waals surface area contributed by atoms with Gasteiger partial charge >= 0.3 is 0 Å². The Morgan fingerprint density at radius 2 is 1.95 bits per heavy atom. The zero-order chi connectivity index (χ0) is 14.0. The molecule has 2 rings (SSSR count). The fraction of sp³-hybridized carbons (Fsp3) is 0.231. The van der Waals surface area contributed by atoms with Gasteiger partial charge in [-0.1, -0.05) is 29.8 Å². The van der Waals surface area contributed by atoms with Gasteiger partial charge in [0.25, 0.3) is 0 Å². The Morgan fingerprint density at radius 1 is 1.26 bits per heavy atom. The molecule has 6 heteroatoms. The summed E-state index contributed by atoms with van der Waals surface area (Å²) in [4.78, 5) is 10.2. The highest BCUT2D eigenvalue weighted by molar-refractivity contribution is 9.10. The lowest BCUT2D eigenvalue weighted by atomic mass is 10.1. The largest absolute Gasteiger partial charge is 0.352 e. The molecule has 0 spiro atoms. The van der Waals surface area contributed by atoms with Crippen molar-refractivity contribution in [1.29, 1.82) is 0 Å². The number of hydrogen-bond acceptors (Lipinski definition) is 3. The summed E-state index contributed by atoms with van der Waals surface area (Å²) in [6.07, 6.45) is 1.64. The highest BCUT2D eigenvalue weighted by Crippen LogP contribution is 2.32. The third kappa shape index (κ3) is 3.19. The van der Waals surface area contributed by atoms with Crippen LogP contribution in [0.5, 0.6) is 0 Å². The molecule has 3 nitrogen and oxygen atoms in total. The van der Waals surface area contributed by atoms with Crippen molar-refractivity contribution in [1.82, 2.24) is 9.97 Å². The van der Waals surface area contributed by atoms with Crippen LogP contribution in [-0.4, -0.2) is 17.0 Å². The van der Waals surface area contributed by atoms with Crippen molar-refractivity contribution < 1.29 is 0 Å². The van der Waals surface area contributed by atoms with Gasteiger partial charge in [0.05, 0.1) is 10.5 Å². The van der Waals surface area contributed by atoms with E-state index in [4.69, 9.17) is 23.2 Å². The van der Waals surface area contributed by atoms with Gasteiger partial charge in [-0.05, 0) is 46.1 Å². The van der Waals surface area contributed by atoms with E-state index in [9.17, 15) is 0 Å². The molecule has 0 saturated heterocycles. The number of halogens is 3. The van der Waals surface area contributed by atoms with Crippen LogP contribution in [0.25, 0.3) is 0 Å². The number of anilines is 1. The van der Waals surface area contributed by atoms with Crippen molar-refractivity contribution in [2.45, 2.75) is 13.0 Å². The lowest BCUT2D eigenvalue weighted by molar-refractivity contribution is 0.725. The molecule has 0 radical (unpaired) electrons. The van der Waals surface area contributed by atoms with E-state index in [0.29, 0.717) is 0 Å². The van der Waals surface area contributed by atoms with Crippen molar-refractivity contribution in [2.24, 2.45) is 0 Å². The van der Waals surface area contributed by atoms with Crippen LogP contribution in [0.3, 0.4) is 0 Å². The van der Waals surface area contributed by atoms with Gasteiger partial charge in [0.15, 0.2) is 0 Å². The predicted octanol–water partition coefficient (Wildman–Crippen LogP) is 4.74. The molecular weight excluding hydrogens is 349 g/mol. The Hall–Kier alpha value is -0.840. The molecule has 1 aromatic heterocycles. The molecule has 0 amide bonds. The summed E-state index contributed by atoms with van der Waals surface area (Å²) in [5.41, 5.74) is 1.04. The molecule has 1 heterocycles. The molecule has 0 N–H and O–H groups in total. The summed E-state index contributed by atoms with van der Waals surface area (Å²) in [7, 11) is 1.94. The maximum atomic E-state index is 6.22. The van der Waals surface area contributed by atoms with Gasteiger partial charge in [-0.25, -0.2) is 4.98 Å². The van der Waals surface area contributed by atoms with Crippen LogP contribution in [0.15, 0.2) is 34.9 Å². The molecule has 0 bridgehead atoms. The molecular formula is C13H12BrCl2N3. The fourth-order valence-corrected chi connectivity index (χ4v) is 2.68. The minimum atomic E-state index is 0.0657. The Bertz CT molecular complexity index is 592. The van der Waals surface area contributed by atoms with Crippen LogP contribution >= 0.6 is 39.1 Å². The molecule has 100 valence electrons. The van der Waals surface area contributed by atoms with E-state index >= 15 is 0 Å². The average Bonchev–Trinajstić information content (AvgIpc) is 2.40. The summed E-state index contributed by atoms with van der Waals surface area (Å²) in [6, 6.07) is 7.82. The van der Waals surface area contributed by atoms with Crippen LogP contribution < -0.4 is 4.90 Å². The number of nitrogens with zero attached hydrogens (tertiary/aromatic N) is 3. The standard InChI is InChI=1S/C13H12BrCl2N3/c1-8(9-5-3-4-6-11(9)15)19(2)12-10(14)7-17-13(16)18-12/h3-8H,1-2H3. The molecule has 0 aliphatic heterocycles. The van der Waals surface area contributed by atoms with Crippen molar-refractivity contribution >= 4 is 44.9 Å². The quantitative estimate of drug-likeness (QED) is 0.740. The first-order valence-electron chi connectivity index (χ1n) is 5.66. The summed E-state index contributed by atoms with van der Waals surface area (Å²) < 4.78 is 0.790. The lowest BCUT2D eigenvalue weighted by Crippen LogP contribution is -2.23. The van der Waals surface area contributed by atoms with E-state index in [2.05, 4.69) is 32.8 Å². The Labute approximate surface area is 130 Å². The van der Waals surface area contributed by atoms with Crippen LogP contribution in [0.2, 0.25) is 10.3 Å². The number of aromatic nitrogens is 2. The van der Waals surface area contributed by atoms with Crippen LogP contribution in [0.1, 0.15) is 18.5 Å². The van der Waals surface area contributed by atoms with Crippen LogP contribution in [0.4, 0.5) is 5.82 Å². The van der Waals surface area contributed by atoms with Crippen LogP contribution in [-0.2, 0) is 0 Å². The molecule has 19 heavy (non-hydrogen) atoms. The number of rotatable bonds is 3. The van der Waals surface area contributed by atoms with Gasteiger partial charge in [0.2, 0.25) is 5.28 Å². The van der Waals surface area contributed by atoms with Crippen molar-refractivity contribution in [3.05, 3.63) is 50.8 Å². The second-order valence-corrected chi connectivity index (χ2v) is 5.72. The summed E-state index contributed by atoms with van der Waals surface area (Å²) in [5, 5.41) is 0.953. The smallest absolute Gasteiger partial charge is 0.224 e. The van der Waals surface area contributed by atoms with Gasteiger partial charge in [-0.15, -0.1) is 0 Å². The topological polar surface area (TPSA) is 29.0 Å². The highest BCUT2D eigenvalue weighted by Gasteiger charge is 2.18. The Balaban J connectivity index is 2.36. The first kappa shape index (κ1) is 14.6. The predicted molar refractivity (Wildman–Crippen MR) is 83.0 cm³/mol. The average molecular weight is 361 g/mol. The molecule has 0 aliphatic rings. The maximum Gasteiger partial charge on any atom is 0.224 e. The van der Waals surface area contributed by atoms with Crippen molar-refractivity contribution in [3.8, 4) is 0 Å². The third-order valence-electron chi connectivity index (χ3n) is 2.97. The first-order valence-corrected chi connectivity index (χ1v) is 7.21. The van der Waals surface area contributed by atoms with Gasteiger partial charge in [-0.2, -0.15) is 4.98 Å². The highest BCUT2D eigenvalue weighted by atomic mass is 79.9. The zero-order valence-corrected chi connectivity index (χ0v) is 13.5. The van der Waals surface area contributed by atoms with E-state index in [1.165, 1.54) is 0 Å². The molecule has 0 aliphatic carbocycles. The van der Waals surface area contributed by atoms with E-state index < -0.39 is 0 Å². The Morgan fingerprint density at radius 3 is 2.63 bits per heavy atom. The van der Waals surface area contributed by atoms with Gasteiger partial charge < -0.3 is 4.90 Å². The normalized spacial score (nSPS) is 12.3. The van der Waals surface area contributed by atoms with Crippen molar-refractivity contribution in [3.63, 3.8) is 0 Å². The van der Waals surface area contributed by atoms with Gasteiger partial charge in [-0.3, -0.25) is 0 Å².